The fourth-order valence-electron chi connectivity index (χ4n) is 2.57. The molecule has 0 saturated carbocycles. The van der Waals surface area contributed by atoms with Gasteiger partial charge in [-0.25, -0.2) is 9.97 Å². The highest BCUT2D eigenvalue weighted by molar-refractivity contribution is 5.59. The van der Waals surface area contributed by atoms with Crippen molar-refractivity contribution < 1.29 is 0 Å². The predicted octanol–water partition coefficient (Wildman–Crippen LogP) is 4.19. The molecule has 0 unspecified atom stereocenters. The largest absolute Gasteiger partial charge is 0.383 e. The van der Waals surface area contributed by atoms with E-state index in [1.54, 1.807) is 0 Å². The van der Waals surface area contributed by atoms with Gasteiger partial charge < -0.3 is 5.73 Å². The van der Waals surface area contributed by atoms with Crippen LogP contribution in [0.4, 0.5) is 5.82 Å². The summed E-state index contributed by atoms with van der Waals surface area (Å²) in [6, 6.07) is 8.48. The molecular weight excluding hydrogens is 258 g/mol. The Bertz CT molecular complexity index is 599. The van der Waals surface area contributed by atoms with Crippen molar-refractivity contribution in [3.05, 3.63) is 41.1 Å². The normalized spacial score (nSPS) is 11.7. The van der Waals surface area contributed by atoms with Crippen molar-refractivity contribution in [2.45, 2.75) is 47.5 Å². The Labute approximate surface area is 127 Å². The second-order valence-corrected chi connectivity index (χ2v) is 6.78. The Morgan fingerprint density at radius 1 is 1.05 bits per heavy atom. The maximum absolute atomic E-state index is 6.03. The summed E-state index contributed by atoms with van der Waals surface area (Å²) in [5.74, 6) is 1.31. The second-order valence-electron chi connectivity index (χ2n) is 6.78. The van der Waals surface area contributed by atoms with Crippen LogP contribution in [0.5, 0.6) is 0 Å². The average Bonchev–Trinajstić information content (AvgIpc) is 2.37. The number of hydrogen-bond donors (Lipinski definition) is 1. The standard InChI is InChI=1S/C18H25N3/c1-6-15-12(2)20-17(21-16(15)19)14-9-7-13(8-10-14)11-18(3,4)5/h7-10H,6,11H2,1-5H3,(H2,19,20,21). The molecule has 1 aromatic heterocycles. The molecule has 0 spiro atoms. The SMILES string of the molecule is CCc1c(C)nc(-c2ccc(CC(C)(C)C)cc2)nc1N. The minimum Gasteiger partial charge on any atom is -0.383 e. The lowest BCUT2D eigenvalue weighted by atomic mass is 9.88. The zero-order valence-corrected chi connectivity index (χ0v) is 13.7. The Morgan fingerprint density at radius 2 is 1.67 bits per heavy atom. The number of nitrogen functional groups attached to an aromatic ring is 1. The van der Waals surface area contributed by atoms with Gasteiger partial charge in [0.15, 0.2) is 5.82 Å². The van der Waals surface area contributed by atoms with Gasteiger partial charge in [-0.15, -0.1) is 0 Å². The highest BCUT2D eigenvalue weighted by atomic mass is 15.0. The van der Waals surface area contributed by atoms with Crippen molar-refractivity contribution in [3.8, 4) is 11.4 Å². The molecule has 0 aliphatic carbocycles. The molecule has 2 N–H and O–H groups in total. The lowest BCUT2D eigenvalue weighted by Crippen LogP contribution is -2.09. The number of hydrogen-bond acceptors (Lipinski definition) is 3. The van der Waals surface area contributed by atoms with Crippen LogP contribution in [0.3, 0.4) is 0 Å². The van der Waals surface area contributed by atoms with E-state index >= 15 is 0 Å². The molecule has 0 bridgehead atoms. The third-order valence-corrected chi connectivity index (χ3v) is 3.55. The molecule has 0 fully saturated rings. The first-order valence-corrected chi connectivity index (χ1v) is 7.52. The highest BCUT2D eigenvalue weighted by Crippen LogP contribution is 2.24. The van der Waals surface area contributed by atoms with E-state index in [-0.39, 0.29) is 0 Å². The van der Waals surface area contributed by atoms with Crippen LogP contribution in [0.2, 0.25) is 0 Å². The summed E-state index contributed by atoms with van der Waals surface area (Å²) in [7, 11) is 0. The summed E-state index contributed by atoms with van der Waals surface area (Å²) in [6.07, 6.45) is 1.92. The third kappa shape index (κ3) is 3.81. The van der Waals surface area contributed by atoms with Gasteiger partial charge in [-0.05, 0) is 30.7 Å². The van der Waals surface area contributed by atoms with Gasteiger partial charge >= 0.3 is 0 Å². The van der Waals surface area contributed by atoms with Crippen LogP contribution in [0, 0.1) is 12.3 Å². The van der Waals surface area contributed by atoms with E-state index in [0.29, 0.717) is 17.1 Å². The van der Waals surface area contributed by atoms with Crippen LogP contribution in [0.25, 0.3) is 11.4 Å². The molecule has 0 amide bonds. The van der Waals surface area contributed by atoms with Gasteiger partial charge in [0, 0.05) is 16.8 Å². The molecule has 0 aliphatic heterocycles. The van der Waals surface area contributed by atoms with Gasteiger partial charge in [-0.2, -0.15) is 0 Å². The van der Waals surface area contributed by atoms with Crippen LogP contribution in [0.1, 0.15) is 44.5 Å². The number of rotatable bonds is 3. The molecule has 3 heteroatoms. The van der Waals surface area contributed by atoms with Crippen LogP contribution in [-0.4, -0.2) is 9.97 Å². The van der Waals surface area contributed by atoms with Crippen LogP contribution >= 0.6 is 0 Å². The van der Waals surface area contributed by atoms with Gasteiger partial charge in [0.2, 0.25) is 0 Å². The van der Waals surface area contributed by atoms with Crippen LogP contribution in [-0.2, 0) is 12.8 Å². The van der Waals surface area contributed by atoms with Crippen molar-refractivity contribution in [2.75, 3.05) is 5.73 Å². The lowest BCUT2D eigenvalue weighted by Gasteiger charge is -2.18. The zero-order chi connectivity index (χ0) is 15.6. The van der Waals surface area contributed by atoms with E-state index in [1.165, 1.54) is 5.56 Å². The molecule has 0 saturated heterocycles. The fourth-order valence-corrected chi connectivity index (χ4v) is 2.57. The number of benzene rings is 1. The first kappa shape index (κ1) is 15.5. The van der Waals surface area contributed by atoms with E-state index in [4.69, 9.17) is 5.73 Å². The van der Waals surface area contributed by atoms with Gasteiger partial charge in [0.05, 0.1) is 0 Å². The summed E-state index contributed by atoms with van der Waals surface area (Å²) >= 11 is 0. The first-order valence-electron chi connectivity index (χ1n) is 7.52. The van der Waals surface area contributed by atoms with E-state index in [9.17, 15) is 0 Å². The van der Waals surface area contributed by atoms with Crippen molar-refractivity contribution >= 4 is 5.82 Å². The van der Waals surface area contributed by atoms with Crippen LogP contribution < -0.4 is 5.73 Å². The number of aryl methyl sites for hydroxylation is 1. The summed E-state index contributed by atoms with van der Waals surface area (Å²) in [6.45, 7) is 10.8. The van der Waals surface area contributed by atoms with Crippen LogP contribution in [0.15, 0.2) is 24.3 Å². The van der Waals surface area contributed by atoms with Crippen molar-refractivity contribution in [1.82, 2.24) is 9.97 Å². The molecule has 1 aromatic carbocycles. The van der Waals surface area contributed by atoms with Gasteiger partial charge in [0.25, 0.3) is 0 Å². The maximum Gasteiger partial charge on any atom is 0.161 e. The monoisotopic (exact) mass is 283 g/mol. The minimum atomic E-state index is 0.293. The molecule has 0 radical (unpaired) electrons. The molecular formula is C18H25N3. The Hall–Kier alpha value is -1.90. The molecule has 0 aliphatic rings. The Balaban J connectivity index is 2.31. The summed E-state index contributed by atoms with van der Waals surface area (Å²) in [5.41, 5.74) is 10.7. The first-order chi connectivity index (χ1) is 9.80. The molecule has 112 valence electrons. The molecule has 21 heavy (non-hydrogen) atoms. The fraction of sp³-hybridized carbons (Fsp3) is 0.444. The minimum absolute atomic E-state index is 0.293. The average molecular weight is 283 g/mol. The van der Waals surface area contributed by atoms with Crippen molar-refractivity contribution in [1.29, 1.82) is 0 Å². The predicted molar refractivity (Wildman–Crippen MR) is 89.2 cm³/mol. The summed E-state index contributed by atoms with van der Waals surface area (Å²) in [4.78, 5) is 9.03. The number of anilines is 1. The quantitative estimate of drug-likeness (QED) is 0.919. The summed E-state index contributed by atoms with van der Waals surface area (Å²) < 4.78 is 0. The zero-order valence-electron chi connectivity index (χ0n) is 13.7. The maximum atomic E-state index is 6.03. The molecule has 2 rings (SSSR count). The third-order valence-electron chi connectivity index (χ3n) is 3.55. The van der Waals surface area contributed by atoms with Gasteiger partial charge in [-0.1, -0.05) is 52.0 Å². The number of nitrogens with two attached hydrogens (primary N) is 1. The molecule has 0 atom stereocenters. The lowest BCUT2D eigenvalue weighted by molar-refractivity contribution is 0.411. The van der Waals surface area contributed by atoms with E-state index in [2.05, 4.69) is 61.9 Å². The molecule has 3 nitrogen and oxygen atoms in total. The van der Waals surface area contributed by atoms with Gasteiger partial charge in [-0.3, -0.25) is 0 Å². The van der Waals surface area contributed by atoms with Crippen molar-refractivity contribution in [3.63, 3.8) is 0 Å². The van der Waals surface area contributed by atoms with Crippen molar-refractivity contribution in [2.24, 2.45) is 5.41 Å². The second kappa shape index (κ2) is 5.84. The topological polar surface area (TPSA) is 51.8 Å². The van der Waals surface area contributed by atoms with E-state index in [0.717, 1.165) is 29.7 Å². The summed E-state index contributed by atoms with van der Waals surface area (Å²) in [5, 5.41) is 0. The Kier molecular flexibility index (Phi) is 4.31. The highest BCUT2D eigenvalue weighted by Gasteiger charge is 2.12. The van der Waals surface area contributed by atoms with E-state index in [1.807, 2.05) is 6.92 Å². The van der Waals surface area contributed by atoms with Gasteiger partial charge in [0.1, 0.15) is 5.82 Å². The molecule has 2 aromatic rings. The molecule has 1 heterocycles. The smallest absolute Gasteiger partial charge is 0.161 e. The number of aromatic nitrogens is 2. The number of nitrogens with zero attached hydrogens (tertiary/aromatic N) is 2. The van der Waals surface area contributed by atoms with E-state index < -0.39 is 0 Å². The Morgan fingerprint density at radius 3 is 2.14 bits per heavy atom.